The predicted octanol–water partition coefficient (Wildman–Crippen LogP) is 2.79. The van der Waals surface area contributed by atoms with Crippen LogP contribution in [0.5, 0.6) is 0 Å². The average molecular weight is 250 g/mol. The normalized spacial score (nSPS) is 25.3. The van der Waals surface area contributed by atoms with Crippen LogP contribution in [0.1, 0.15) is 32.3 Å². The predicted molar refractivity (Wildman–Crippen MR) is 73.0 cm³/mol. The Balaban J connectivity index is 2.00. The van der Waals surface area contributed by atoms with E-state index in [0.717, 1.165) is 25.2 Å². The van der Waals surface area contributed by atoms with Crippen molar-refractivity contribution in [3.05, 3.63) is 35.6 Å². The standard InChI is InChI=1S/C15H23FN2/c1-3-6-14-11-18(12(2)9-17-14)10-13-7-4-5-8-15(13)16/h4-5,7-8,12,14,17H,3,6,9-11H2,1-2H3. The second kappa shape index (κ2) is 6.30. The minimum Gasteiger partial charge on any atom is -0.311 e. The molecule has 0 spiro atoms. The smallest absolute Gasteiger partial charge is 0.127 e. The number of halogens is 1. The number of nitrogens with one attached hydrogen (secondary N) is 1. The first-order valence-corrected chi connectivity index (χ1v) is 6.91. The monoisotopic (exact) mass is 250 g/mol. The highest BCUT2D eigenvalue weighted by atomic mass is 19.1. The summed E-state index contributed by atoms with van der Waals surface area (Å²) < 4.78 is 13.7. The molecular formula is C15H23FN2. The Morgan fingerprint density at radius 1 is 1.39 bits per heavy atom. The Labute approximate surface area is 109 Å². The van der Waals surface area contributed by atoms with Crippen molar-refractivity contribution < 1.29 is 4.39 Å². The Hall–Kier alpha value is -0.930. The number of hydrogen-bond acceptors (Lipinski definition) is 2. The molecule has 0 aromatic heterocycles. The summed E-state index contributed by atoms with van der Waals surface area (Å²) in [5, 5.41) is 3.56. The Morgan fingerprint density at radius 3 is 2.89 bits per heavy atom. The summed E-state index contributed by atoms with van der Waals surface area (Å²) in [6.07, 6.45) is 2.39. The molecule has 0 saturated carbocycles. The van der Waals surface area contributed by atoms with Gasteiger partial charge in [0.05, 0.1) is 0 Å². The first-order valence-electron chi connectivity index (χ1n) is 6.91. The Bertz CT molecular complexity index is 381. The van der Waals surface area contributed by atoms with Crippen molar-refractivity contribution in [3.63, 3.8) is 0 Å². The molecule has 1 aromatic rings. The van der Waals surface area contributed by atoms with Gasteiger partial charge in [0.15, 0.2) is 0 Å². The van der Waals surface area contributed by atoms with Gasteiger partial charge >= 0.3 is 0 Å². The number of piperazine rings is 1. The van der Waals surface area contributed by atoms with E-state index in [1.165, 1.54) is 12.8 Å². The summed E-state index contributed by atoms with van der Waals surface area (Å²) >= 11 is 0. The van der Waals surface area contributed by atoms with Gasteiger partial charge in [-0.3, -0.25) is 4.90 Å². The van der Waals surface area contributed by atoms with Gasteiger partial charge < -0.3 is 5.32 Å². The maximum absolute atomic E-state index is 13.7. The minimum absolute atomic E-state index is 0.0877. The number of benzene rings is 1. The van der Waals surface area contributed by atoms with Crippen LogP contribution in [0.4, 0.5) is 4.39 Å². The molecular weight excluding hydrogens is 227 g/mol. The van der Waals surface area contributed by atoms with Crippen LogP contribution in [0.2, 0.25) is 0 Å². The molecule has 0 amide bonds. The zero-order chi connectivity index (χ0) is 13.0. The van der Waals surface area contributed by atoms with Gasteiger partial charge in [0.2, 0.25) is 0 Å². The van der Waals surface area contributed by atoms with E-state index >= 15 is 0 Å². The summed E-state index contributed by atoms with van der Waals surface area (Å²) in [4.78, 5) is 2.38. The van der Waals surface area contributed by atoms with Crippen molar-refractivity contribution in [2.45, 2.75) is 45.3 Å². The van der Waals surface area contributed by atoms with Gasteiger partial charge in [0.25, 0.3) is 0 Å². The van der Waals surface area contributed by atoms with Gasteiger partial charge in [0, 0.05) is 37.3 Å². The lowest BCUT2D eigenvalue weighted by Crippen LogP contribution is -2.54. The molecule has 1 aliphatic heterocycles. The summed E-state index contributed by atoms with van der Waals surface area (Å²) in [6.45, 7) is 7.15. The van der Waals surface area contributed by atoms with Crippen molar-refractivity contribution in [1.29, 1.82) is 0 Å². The zero-order valence-corrected chi connectivity index (χ0v) is 11.3. The molecule has 3 heteroatoms. The number of hydrogen-bond donors (Lipinski definition) is 1. The lowest BCUT2D eigenvalue weighted by atomic mass is 10.0. The van der Waals surface area contributed by atoms with Gasteiger partial charge in [-0.15, -0.1) is 0 Å². The van der Waals surface area contributed by atoms with E-state index in [4.69, 9.17) is 0 Å². The average Bonchev–Trinajstić information content (AvgIpc) is 2.36. The fourth-order valence-corrected chi connectivity index (χ4v) is 2.60. The fourth-order valence-electron chi connectivity index (χ4n) is 2.60. The van der Waals surface area contributed by atoms with E-state index < -0.39 is 0 Å². The lowest BCUT2D eigenvalue weighted by Gasteiger charge is -2.39. The van der Waals surface area contributed by atoms with E-state index in [1.807, 2.05) is 12.1 Å². The molecule has 1 N–H and O–H groups in total. The molecule has 2 unspecified atom stereocenters. The van der Waals surface area contributed by atoms with Crippen LogP contribution in [0.15, 0.2) is 24.3 Å². The highest BCUT2D eigenvalue weighted by molar-refractivity contribution is 5.17. The highest BCUT2D eigenvalue weighted by Crippen LogP contribution is 2.16. The van der Waals surface area contributed by atoms with Gasteiger partial charge in [-0.2, -0.15) is 0 Å². The zero-order valence-electron chi connectivity index (χ0n) is 11.3. The summed E-state index contributed by atoms with van der Waals surface area (Å²) in [7, 11) is 0. The van der Waals surface area contributed by atoms with Crippen molar-refractivity contribution in [3.8, 4) is 0 Å². The molecule has 1 heterocycles. The quantitative estimate of drug-likeness (QED) is 0.884. The van der Waals surface area contributed by atoms with Crippen molar-refractivity contribution in [2.75, 3.05) is 13.1 Å². The molecule has 2 rings (SSSR count). The maximum Gasteiger partial charge on any atom is 0.127 e. The van der Waals surface area contributed by atoms with Crippen LogP contribution >= 0.6 is 0 Å². The molecule has 0 bridgehead atoms. The van der Waals surface area contributed by atoms with E-state index in [9.17, 15) is 4.39 Å². The lowest BCUT2D eigenvalue weighted by molar-refractivity contribution is 0.128. The maximum atomic E-state index is 13.7. The van der Waals surface area contributed by atoms with Gasteiger partial charge in [0.1, 0.15) is 5.82 Å². The molecule has 1 fully saturated rings. The van der Waals surface area contributed by atoms with E-state index in [2.05, 4.69) is 24.1 Å². The summed E-state index contributed by atoms with van der Waals surface area (Å²) in [5.41, 5.74) is 0.807. The molecule has 100 valence electrons. The first-order chi connectivity index (χ1) is 8.70. The summed E-state index contributed by atoms with van der Waals surface area (Å²) in [6, 6.07) is 8.12. The van der Waals surface area contributed by atoms with Crippen LogP contribution in [-0.4, -0.2) is 30.1 Å². The molecule has 2 atom stereocenters. The minimum atomic E-state index is -0.0877. The van der Waals surface area contributed by atoms with Crippen LogP contribution in [0, 0.1) is 5.82 Å². The third-order valence-electron chi connectivity index (χ3n) is 3.75. The van der Waals surface area contributed by atoms with Crippen LogP contribution in [0.3, 0.4) is 0 Å². The van der Waals surface area contributed by atoms with Crippen LogP contribution in [0.25, 0.3) is 0 Å². The second-order valence-corrected chi connectivity index (χ2v) is 5.26. The first kappa shape index (κ1) is 13.5. The fraction of sp³-hybridized carbons (Fsp3) is 0.600. The highest BCUT2D eigenvalue weighted by Gasteiger charge is 2.24. The van der Waals surface area contributed by atoms with Gasteiger partial charge in [-0.05, 0) is 19.4 Å². The third-order valence-corrected chi connectivity index (χ3v) is 3.75. The van der Waals surface area contributed by atoms with Crippen molar-refractivity contribution >= 4 is 0 Å². The van der Waals surface area contributed by atoms with Crippen molar-refractivity contribution in [1.82, 2.24) is 10.2 Å². The van der Waals surface area contributed by atoms with Crippen molar-refractivity contribution in [2.24, 2.45) is 0 Å². The second-order valence-electron chi connectivity index (χ2n) is 5.26. The number of rotatable bonds is 4. The van der Waals surface area contributed by atoms with Gasteiger partial charge in [-0.1, -0.05) is 31.5 Å². The molecule has 1 aliphatic rings. The molecule has 0 radical (unpaired) electrons. The molecule has 18 heavy (non-hydrogen) atoms. The summed E-state index contributed by atoms with van der Waals surface area (Å²) in [5.74, 6) is -0.0877. The van der Waals surface area contributed by atoms with E-state index in [1.54, 1.807) is 12.1 Å². The molecule has 0 aliphatic carbocycles. The third kappa shape index (κ3) is 3.30. The SMILES string of the molecule is CCCC1CN(Cc2ccccc2F)C(C)CN1. The van der Waals surface area contributed by atoms with E-state index in [-0.39, 0.29) is 5.82 Å². The van der Waals surface area contributed by atoms with Gasteiger partial charge in [-0.25, -0.2) is 4.39 Å². The van der Waals surface area contributed by atoms with Crippen LogP contribution < -0.4 is 5.32 Å². The van der Waals surface area contributed by atoms with E-state index in [0.29, 0.717) is 12.1 Å². The molecule has 2 nitrogen and oxygen atoms in total. The Kier molecular flexibility index (Phi) is 4.72. The molecule has 1 aromatic carbocycles. The molecule has 1 saturated heterocycles. The largest absolute Gasteiger partial charge is 0.311 e. The topological polar surface area (TPSA) is 15.3 Å². The number of nitrogens with zero attached hydrogens (tertiary/aromatic N) is 1. The Morgan fingerprint density at radius 2 is 2.17 bits per heavy atom. The van der Waals surface area contributed by atoms with Crippen LogP contribution in [-0.2, 0) is 6.54 Å².